The molecule has 1 atom stereocenters. The molecule has 0 amide bonds. The Labute approximate surface area is 156 Å². The number of alkyl halides is 3. The predicted molar refractivity (Wildman–Crippen MR) is 92.0 cm³/mol. The van der Waals surface area contributed by atoms with E-state index in [2.05, 4.69) is 14.4 Å². The first-order valence-corrected chi connectivity index (χ1v) is 8.90. The van der Waals surface area contributed by atoms with Crippen molar-refractivity contribution >= 4 is 22.7 Å². The summed E-state index contributed by atoms with van der Waals surface area (Å²) in [5.74, 6) is -1.96. The Bertz CT molecular complexity index is 910. The highest BCUT2D eigenvalue weighted by Gasteiger charge is 2.38. The van der Waals surface area contributed by atoms with Gasteiger partial charge < -0.3 is 10.2 Å². The van der Waals surface area contributed by atoms with E-state index >= 15 is 0 Å². The molecule has 27 heavy (non-hydrogen) atoms. The van der Waals surface area contributed by atoms with E-state index in [1.54, 1.807) is 6.92 Å². The first-order valence-electron chi connectivity index (χ1n) is 7.91. The number of nitrogens with two attached hydrogens (primary N) is 1. The van der Waals surface area contributed by atoms with Crippen LogP contribution in [-0.4, -0.2) is 21.7 Å². The molecule has 1 aromatic carbocycles. The largest absolute Gasteiger partial charge is 0.468 e. The lowest BCUT2D eigenvalue weighted by atomic mass is 9.87. The molecule has 144 valence electrons. The van der Waals surface area contributed by atoms with Gasteiger partial charge in [0.25, 0.3) is 0 Å². The minimum Gasteiger partial charge on any atom is -0.441 e. The van der Waals surface area contributed by atoms with Crippen LogP contribution in [0, 0.1) is 5.82 Å². The second kappa shape index (κ2) is 6.99. The fourth-order valence-corrected chi connectivity index (χ4v) is 3.76. The summed E-state index contributed by atoms with van der Waals surface area (Å²) in [4.78, 5) is 19.7. The smallest absolute Gasteiger partial charge is 0.441 e. The Morgan fingerprint density at radius 2 is 2.15 bits per heavy atom. The molecule has 2 heterocycles. The number of ketones is 1. The number of rotatable bonds is 4. The van der Waals surface area contributed by atoms with Crippen molar-refractivity contribution in [2.45, 2.75) is 31.5 Å². The molecule has 0 bridgehead atoms. The third-order valence-corrected chi connectivity index (χ3v) is 5.00. The van der Waals surface area contributed by atoms with Gasteiger partial charge in [-0.2, -0.15) is 13.2 Å². The lowest BCUT2D eigenvalue weighted by Crippen LogP contribution is -2.29. The summed E-state index contributed by atoms with van der Waals surface area (Å²) >= 11 is 1.38. The molecule has 0 saturated heterocycles. The van der Waals surface area contributed by atoms with Gasteiger partial charge in [0.05, 0.1) is 5.54 Å². The zero-order chi connectivity index (χ0) is 19.8. The summed E-state index contributed by atoms with van der Waals surface area (Å²) in [6.45, 7) is 1.75. The SMILES string of the molecule is C[C@@]1(c2cc(CC(=O)c3coc(C(F)(F)F)n3)ccc2F)CCSC(N)=N1. The van der Waals surface area contributed by atoms with Gasteiger partial charge >= 0.3 is 12.1 Å². The molecular weight excluding hydrogens is 386 g/mol. The zero-order valence-corrected chi connectivity index (χ0v) is 15.0. The van der Waals surface area contributed by atoms with E-state index in [0.717, 1.165) is 0 Å². The average Bonchev–Trinajstić information content (AvgIpc) is 3.07. The van der Waals surface area contributed by atoms with Gasteiger partial charge in [-0.05, 0) is 31.0 Å². The molecule has 0 spiro atoms. The van der Waals surface area contributed by atoms with Crippen LogP contribution >= 0.6 is 11.8 Å². The van der Waals surface area contributed by atoms with Crippen LogP contribution in [0.3, 0.4) is 0 Å². The summed E-state index contributed by atoms with van der Waals surface area (Å²) < 4.78 is 56.3. The number of carbonyl (C=O) groups is 1. The van der Waals surface area contributed by atoms with Crippen molar-refractivity contribution in [2.75, 3.05) is 5.75 Å². The number of aliphatic imine (C=N–C) groups is 1. The van der Waals surface area contributed by atoms with Crippen molar-refractivity contribution in [1.82, 2.24) is 4.98 Å². The molecule has 0 radical (unpaired) electrons. The van der Waals surface area contributed by atoms with Crippen molar-refractivity contribution in [1.29, 1.82) is 0 Å². The van der Waals surface area contributed by atoms with Crippen LogP contribution in [-0.2, 0) is 18.1 Å². The maximum Gasteiger partial charge on any atom is 0.468 e. The molecule has 1 aromatic heterocycles. The molecule has 10 heteroatoms. The van der Waals surface area contributed by atoms with Gasteiger partial charge in [0.1, 0.15) is 17.8 Å². The number of Topliss-reactive ketones (excluding diaryl/α,β-unsaturated/α-hetero) is 1. The lowest BCUT2D eigenvalue weighted by molar-refractivity contribution is -0.157. The zero-order valence-electron chi connectivity index (χ0n) is 14.1. The van der Waals surface area contributed by atoms with E-state index in [1.165, 1.54) is 30.0 Å². The van der Waals surface area contributed by atoms with Gasteiger partial charge in [-0.1, -0.05) is 17.8 Å². The number of oxazole rings is 1. The highest BCUT2D eigenvalue weighted by Crippen LogP contribution is 2.37. The molecule has 2 aromatic rings. The Morgan fingerprint density at radius 1 is 1.41 bits per heavy atom. The van der Waals surface area contributed by atoms with Gasteiger partial charge in [0, 0.05) is 17.7 Å². The molecule has 2 N–H and O–H groups in total. The second-order valence-electron chi connectivity index (χ2n) is 6.27. The van der Waals surface area contributed by atoms with Crippen LogP contribution in [0.5, 0.6) is 0 Å². The van der Waals surface area contributed by atoms with Gasteiger partial charge in [-0.25, -0.2) is 9.37 Å². The van der Waals surface area contributed by atoms with Crippen LogP contribution in [0.4, 0.5) is 17.6 Å². The molecule has 3 rings (SSSR count). The number of hydrogen-bond donors (Lipinski definition) is 1. The van der Waals surface area contributed by atoms with Crippen LogP contribution in [0.1, 0.15) is 40.9 Å². The Balaban J connectivity index is 1.85. The highest BCUT2D eigenvalue weighted by atomic mass is 32.2. The van der Waals surface area contributed by atoms with E-state index in [4.69, 9.17) is 5.73 Å². The van der Waals surface area contributed by atoms with Crippen LogP contribution in [0.15, 0.2) is 33.9 Å². The number of halogens is 4. The summed E-state index contributed by atoms with van der Waals surface area (Å²) in [6, 6.07) is 4.10. The van der Waals surface area contributed by atoms with Crippen molar-refractivity contribution in [2.24, 2.45) is 10.7 Å². The van der Waals surface area contributed by atoms with Crippen molar-refractivity contribution in [3.8, 4) is 0 Å². The van der Waals surface area contributed by atoms with E-state index < -0.39 is 34.9 Å². The number of hydrogen-bond acceptors (Lipinski definition) is 6. The number of nitrogens with zero attached hydrogens (tertiary/aromatic N) is 2. The lowest BCUT2D eigenvalue weighted by Gasteiger charge is -2.30. The van der Waals surface area contributed by atoms with Crippen LogP contribution in [0.25, 0.3) is 0 Å². The van der Waals surface area contributed by atoms with E-state index in [-0.39, 0.29) is 12.0 Å². The minimum atomic E-state index is -4.77. The topological polar surface area (TPSA) is 81.5 Å². The van der Waals surface area contributed by atoms with Gasteiger partial charge in [0.2, 0.25) is 0 Å². The first-order chi connectivity index (χ1) is 12.6. The summed E-state index contributed by atoms with van der Waals surface area (Å²) in [5, 5.41) is 0.354. The predicted octanol–water partition coefficient (Wildman–Crippen LogP) is 3.92. The number of benzene rings is 1. The molecule has 0 saturated carbocycles. The molecule has 0 aliphatic carbocycles. The fraction of sp³-hybridized carbons (Fsp3) is 0.353. The summed E-state index contributed by atoms with van der Waals surface area (Å²) in [5.41, 5.74) is 5.17. The Morgan fingerprint density at radius 3 is 2.78 bits per heavy atom. The molecule has 0 fully saturated rings. The summed E-state index contributed by atoms with van der Waals surface area (Å²) in [7, 11) is 0. The van der Waals surface area contributed by atoms with Gasteiger partial charge in [-0.3, -0.25) is 9.79 Å². The quantitative estimate of drug-likeness (QED) is 0.620. The van der Waals surface area contributed by atoms with Crippen LogP contribution < -0.4 is 5.73 Å². The molecule has 5 nitrogen and oxygen atoms in total. The number of aromatic nitrogens is 1. The Kier molecular flexibility index (Phi) is 5.02. The molecule has 1 aliphatic heterocycles. The van der Waals surface area contributed by atoms with Gasteiger partial charge in [-0.15, -0.1) is 0 Å². The monoisotopic (exact) mass is 401 g/mol. The standard InChI is InChI=1S/C17H15F4N3O2S/c1-16(4-5-27-15(22)24-16)10-6-9(2-3-11(10)18)7-13(25)12-8-26-14(23-12)17(19,20)21/h2-3,6,8H,4-5,7H2,1H3,(H2,22,24)/t16-/m0/s1. The van der Waals surface area contributed by atoms with Gasteiger partial charge in [0.15, 0.2) is 11.0 Å². The average molecular weight is 401 g/mol. The van der Waals surface area contributed by atoms with Crippen molar-refractivity contribution in [3.63, 3.8) is 0 Å². The molecule has 0 unspecified atom stereocenters. The van der Waals surface area contributed by atoms with Crippen LogP contribution in [0.2, 0.25) is 0 Å². The summed E-state index contributed by atoms with van der Waals surface area (Å²) in [6.07, 6.45) is -3.79. The van der Waals surface area contributed by atoms with E-state index in [1.807, 2.05) is 0 Å². The molecule has 1 aliphatic rings. The first kappa shape index (κ1) is 19.4. The second-order valence-corrected chi connectivity index (χ2v) is 7.39. The maximum absolute atomic E-state index is 14.4. The maximum atomic E-state index is 14.4. The third kappa shape index (κ3) is 4.15. The Hall–Kier alpha value is -2.36. The van der Waals surface area contributed by atoms with Crippen molar-refractivity contribution < 1.29 is 26.8 Å². The van der Waals surface area contributed by atoms with Crippen molar-refractivity contribution in [3.05, 3.63) is 53.0 Å². The minimum absolute atomic E-state index is 0.249. The normalized spacial score (nSPS) is 20.4. The fourth-order valence-electron chi connectivity index (χ4n) is 2.78. The molecular formula is C17H15F4N3O2S. The number of amidine groups is 1. The highest BCUT2D eigenvalue weighted by molar-refractivity contribution is 8.13. The van der Waals surface area contributed by atoms with E-state index in [0.29, 0.717) is 29.2 Å². The number of thioether (sulfide) groups is 1. The van der Waals surface area contributed by atoms with E-state index in [9.17, 15) is 22.4 Å². The third-order valence-electron chi connectivity index (χ3n) is 4.20. The number of carbonyl (C=O) groups excluding carboxylic acids is 1.